The molecule has 0 bridgehead atoms. The number of piperazine rings is 5. The number of aromatic nitrogens is 5. The summed E-state index contributed by atoms with van der Waals surface area (Å²) < 4.78 is 78.6. The number of Topliss-reactive ketones (excluding diaryl/α,β-unsaturated/α-hetero) is 5. The number of hydrogen-bond donors (Lipinski definition) is 0. The van der Waals surface area contributed by atoms with Gasteiger partial charge in [0.25, 0.3) is 0 Å². The zero-order valence-electron chi connectivity index (χ0n) is 78.7. The number of carbonyl (C=O) groups excluding carboxylic acids is 5. The molecule has 5 saturated heterocycles. The summed E-state index contributed by atoms with van der Waals surface area (Å²) in [7, 11) is 0. The molecule has 5 aromatic heterocycles. The Morgan fingerprint density at radius 1 is 0.246 bits per heavy atom. The van der Waals surface area contributed by atoms with E-state index in [0.717, 1.165) is 342 Å². The van der Waals surface area contributed by atoms with Crippen LogP contribution in [0.5, 0.6) is 5.75 Å². The first-order valence-electron chi connectivity index (χ1n) is 49.4. The Balaban J connectivity index is 0.000000125. The summed E-state index contributed by atoms with van der Waals surface area (Å²) in [5, 5.41) is 3.66. The average molecular weight is 2010 g/mol. The van der Waals surface area contributed by atoms with E-state index in [-0.39, 0.29) is 17.3 Å². The number of halogens is 11. The molecule has 0 radical (unpaired) electrons. The molecule has 0 unspecified atom stereocenters. The van der Waals surface area contributed by atoms with Gasteiger partial charge < -0.3 is 52.1 Å². The van der Waals surface area contributed by atoms with Crippen LogP contribution in [-0.2, 0) is 64.8 Å². The van der Waals surface area contributed by atoms with E-state index in [0.29, 0.717) is 79.6 Å². The lowest BCUT2D eigenvalue weighted by Gasteiger charge is -2.36. The molecule has 5 aromatic carbocycles. The Morgan fingerprint density at radius 3 is 0.783 bits per heavy atom. The van der Waals surface area contributed by atoms with Crippen LogP contribution in [0.2, 0.25) is 30.1 Å². The smallest absolute Gasteiger partial charge is 0.406 e. The Labute approximate surface area is 837 Å². The first-order chi connectivity index (χ1) is 66.8. The van der Waals surface area contributed by atoms with Gasteiger partial charge in [-0.15, -0.1) is 13.2 Å². The number of unbranched alkanes of at least 4 members (excludes halogenated alkanes) is 2. The van der Waals surface area contributed by atoms with Crippen LogP contribution in [0.25, 0.3) is 0 Å². The summed E-state index contributed by atoms with van der Waals surface area (Å²) in [6.45, 7) is 29.3. The molecule has 0 saturated carbocycles. The SMILES string of the molecule is O=C1CCCc2c1ccn2CCCCN1CCN(c2ccc(Cl)c(Cl)c2)CC1.O=C1CCCc2c1ccn2CCCCN1CCN(c2ccc(OC(F)(F)F)cc2)CC1.O=C1CCCc2c1ccn2CCCN1CCN(c2ccc(Cl)c(Cl)c2)CC1.O=C1CCCc2c1ccn2CCN1CCN(c2ccc(Cl)c(Cl)c2)CC1.O=C1CCCc2c1ccn2CCN1CCN(c2ccc(F)c(F)c2)CC1. The van der Waals surface area contributed by atoms with Crippen LogP contribution in [-0.4, -0.2) is 246 Å². The van der Waals surface area contributed by atoms with Crippen LogP contribution < -0.4 is 29.2 Å². The molecule has 5 aliphatic heterocycles. The van der Waals surface area contributed by atoms with Crippen molar-refractivity contribution < 1.29 is 50.7 Å². The van der Waals surface area contributed by atoms with Gasteiger partial charge in [0.1, 0.15) is 5.75 Å². The number of alkyl halides is 3. The molecule has 10 aromatic rings. The van der Waals surface area contributed by atoms with Crippen LogP contribution in [0.3, 0.4) is 0 Å². The van der Waals surface area contributed by atoms with Crippen LogP contribution >= 0.6 is 69.6 Å². The number of carbonyl (C=O) groups is 5. The molecular formula is C106H126Cl6F5N15O6. The Kier molecular flexibility index (Phi) is 35.8. The number of aryl methyl sites for hydroxylation is 3. The second-order valence-electron chi connectivity index (χ2n) is 37.6. The summed E-state index contributed by atoms with van der Waals surface area (Å²) in [5.41, 5.74) is 15.9. The van der Waals surface area contributed by atoms with Gasteiger partial charge in [0.2, 0.25) is 0 Å². The maximum Gasteiger partial charge on any atom is 0.573 e. The minimum absolute atomic E-state index is 0.191. The number of hydrogen-bond acceptors (Lipinski definition) is 16. The number of rotatable bonds is 26. The highest BCUT2D eigenvalue weighted by atomic mass is 35.5. The van der Waals surface area contributed by atoms with E-state index in [1.54, 1.807) is 18.2 Å². The van der Waals surface area contributed by atoms with E-state index in [1.165, 1.54) is 59.2 Å². The van der Waals surface area contributed by atoms with E-state index in [1.807, 2.05) is 91.1 Å². The van der Waals surface area contributed by atoms with Crippen molar-refractivity contribution in [1.29, 1.82) is 0 Å². The standard InChI is InChI=1S/C23H28F3N3O2.C22H27Cl2N3O.C21H25Cl2N3O.C20H23Cl2N3O.C20H23F2N3O/c24-23(25,26)31-19-8-6-18(7-9-19)28-16-14-27(15-17-28)11-1-2-12-29-13-10-20-21(29)4-3-5-22(20)30;23-19-7-6-17(16-20(19)24)26-14-12-25(13-15-26)9-1-2-10-27-11-8-18-21(27)4-3-5-22(18)28;22-18-6-5-16(15-19(18)23)25-13-11-24(12-14-25)8-2-9-26-10-7-17-20(26)3-1-4-21(17)27;2*21-17-5-4-15(14-18(17)22)24-11-8-23(9-12-24)10-13-25-7-6-16-19(25)2-1-3-20(16)26/h6-10,13H,1-5,11-12,14-17H2;6-8,11,16H,1-5,9-10,12-15H2;5-7,10,15H,1-4,8-9,11-14H2;2*4-7,14H,1-3,8-13H2. The lowest BCUT2D eigenvalue weighted by atomic mass is 9.97. The Morgan fingerprint density at radius 2 is 0.493 bits per heavy atom. The van der Waals surface area contributed by atoms with Gasteiger partial charge in [-0.1, -0.05) is 69.6 Å². The van der Waals surface area contributed by atoms with Crippen molar-refractivity contribution in [1.82, 2.24) is 47.3 Å². The van der Waals surface area contributed by atoms with Crippen LogP contribution in [0.1, 0.15) is 177 Å². The predicted octanol–water partition coefficient (Wildman–Crippen LogP) is 21.2. The van der Waals surface area contributed by atoms with Gasteiger partial charge in [-0.3, -0.25) is 48.5 Å². The minimum Gasteiger partial charge on any atom is -0.406 e. The molecule has 5 aliphatic carbocycles. The maximum atomic E-state index is 13.4. The fourth-order valence-electron chi connectivity index (χ4n) is 20.9. The number of benzene rings is 5. The second-order valence-corrected chi connectivity index (χ2v) is 40.0. The lowest BCUT2D eigenvalue weighted by Crippen LogP contribution is -2.47. The van der Waals surface area contributed by atoms with Gasteiger partial charge in [0.15, 0.2) is 40.6 Å². The molecule has 738 valence electrons. The average Bonchev–Trinajstić information content (AvgIpc) is 1.69. The van der Waals surface area contributed by atoms with E-state index in [4.69, 9.17) is 69.6 Å². The zero-order chi connectivity index (χ0) is 96.4. The molecule has 0 spiro atoms. The molecule has 0 amide bonds. The molecule has 10 heterocycles. The number of nitrogens with zero attached hydrogens (tertiary/aromatic N) is 15. The molecule has 32 heteroatoms. The van der Waals surface area contributed by atoms with Crippen LogP contribution in [0, 0.1) is 11.6 Å². The molecule has 5 fully saturated rings. The molecule has 21 nitrogen and oxygen atoms in total. The molecule has 138 heavy (non-hydrogen) atoms. The summed E-state index contributed by atoms with van der Waals surface area (Å²) in [6.07, 6.45) is 24.8. The topological polar surface area (TPSA) is 152 Å². The number of ketones is 5. The molecule has 0 atom stereocenters. The van der Waals surface area contributed by atoms with Gasteiger partial charge >= 0.3 is 6.36 Å². The van der Waals surface area contributed by atoms with Crippen molar-refractivity contribution in [2.75, 3.05) is 188 Å². The monoisotopic (exact) mass is 2010 g/mol. The zero-order valence-corrected chi connectivity index (χ0v) is 83.2. The highest BCUT2D eigenvalue weighted by Crippen LogP contribution is 2.36. The summed E-state index contributed by atoms with van der Waals surface area (Å²) in [5.74, 6) is -0.306. The van der Waals surface area contributed by atoms with Gasteiger partial charge in [0, 0.05) is 331 Å². The van der Waals surface area contributed by atoms with Crippen molar-refractivity contribution in [2.24, 2.45) is 0 Å². The van der Waals surface area contributed by atoms with Crippen molar-refractivity contribution in [3.05, 3.63) is 256 Å². The third-order valence-corrected chi connectivity index (χ3v) is 31.0. The Bertz CT molecular complexity index is 5660. The van der Waals surface area contributed by atoms with E-state index in [9.17, 15) is 45.9 Å². The van der Waals surface area contributed by atoms with Gasteiger partial charge in [-0.25, -0.2) is 8.78 Å². The van der Waals surface area contributed by atoms with Crippen molar-refractivity contribution in [2.45, 2.75) is 168 Å². The molecule has 20 rings (SSSR count). The van der Waals surface area contributed by atoms with E-state index in [2.05, 4.69) is 101 Å². The number of ether oxygens (including phenoxy) is 1. The van der Waals surface area contributed by atoms with Gasteiger partial charge in [0.05, 0.1) is 30.1 Å². The van der Waals surface area contributed by atoms with Crippen molar-refractivity contribution in [3.63, 3.8) is 0 Å². The third-order valence-electron chi connectivity index (χ3n) is 28.8. The fourth-order valence-corrected chi connectivity index (χ4v) is 21.8. The quantitative estimate of drug-likeness (QED) is 0.0373. The third kappa shape index (κ3) is 27.0. The molecular weight excluding hydrogens is 1890 g/mol. The lowest BCUT2D eigenvalue weighted by molar-refractivity contribution is -0.274. The van der Waals surface area contributed by atoms with Crippen LogP contribution in [0.15, 0.2) is 158 Å². The molecule has 10 aliphatic rings. The van der Waals surface area contributed by atoms with E-state index >= 15 is 0 Å². The number of anilines is 5. The highest BCUT2D eigenvalue weighted by Gasteiger charge is 2.33. The predicted molar refractivity (Wildman–Crippen MR) is 544 cm³/mol. The van der Waals surface area contributed by atoms with Gasteiger partial charge in [-0.2, -0.15) is 0 Å². The summed E-state index contributed by atoms with van der Waals surface area (Å²) >= 11 is 36.5. The van der Waals surface area contributed by atoms with Crippen molar-refractivity contribution in [3.8, 4) is 5.75 Å². The maximum absolute atomic E-state index is 13.4. The summed E-state index contributed by atoms with van der Waals surface area (Å²) in [6, 6.07) is 37.7. The second kappa shape index (κ2) is 48.5. The Hall–Kier alpha value is -9.16. The first kappa shape index (κ1) is 102. The van der Waals surface area contributed by atoms with Gasteiger partial charge in [-0.05, 0) is 237 Å². The fraction of sp³-hybridized carbons (Fsp3) is 0.481. The van der Waals surface area contributed by atoms with Crippen LogP contribution in [0.4, 0.5) is 50.4 Å². The normalized spacial score (nSPS) is 18.0. The minimum atomic E-state index is -4.66. The largest absolute Gasteiger partial charge is 0.573 e. The number of fused-ring (bicyclic) bond motifs is 5. The van der Waals surface area contributed by atoms with Crippen molar-refractivity contribution >= 4 is 127 Å². The summed E-state index contributed by atoms with van der Waals surface area (Å²) in [4.78, 5) is 83.6. The van der Waals surface area contributed by atoms with E-state index < -0.39 is 18.0 Å². The molecule has 0 N–H and O–H groups in total. The first-order valence-corrected chi connectivity index (χ1v) is 51.7. The highest BCUT2D eigenvalue weighted by molar-refractivity contribution is 6.43.